The predicted molar refractivity (Wildman–Crippen MR) is 73.7 cm³/mol. The van der Waals surface area contributed by atoms with E-state index in [1.807, 2.05) is 0 Å². The standard InChI is InChI=1S/C16H23NO/c17-12-16(7-8-16)15-3-1-13(2-4-15)11-14-5-9-18-10-6-14/h1-4,14H,5-12,17H2. The summed E-state index contributed by atoms with van der Waals surface area (Å²) in [5.74, 6) is 0.814. The van der Waals surface area contributed by atoms with Gasteiger partial charge in [-0.2, -0.15) is 0 Å². The Morgan fingerprint density at radius 3 is 2.33 bits per heavy atom. The molecular formula is C16H23NO. The van der Waals surface area contributed by atoms with Crippen molar-refractivity contribution in [1.29, 1.82) is 0 Å². The minimum atomic E-state index is 0.331. The summed E-state index contributed by atoms with van der Waals surface area (Å²) >= 11 is 0. The van der Waals surface area contributed by atoms with E-state index >= 15 is 0 Å². The Bertz CT molecular complexity index is 388. The summed E-state index contributed by atoms with van der Waals surface area (Å²) in [7, 11) is 0. The Labute approximate surface area is 110 Å². The fraction of sp³-hybridized carbons (Fsp3) is 0.625. The van der Waals surface area contributed by atoms with Crippen molar-refractivity contribution < 1.29 is 4.74 Å². The van der Waals surface area contributed by atoms with E-state index in [2.05, 4.69) is 24.3 Å². The lowest BCUT2D eigenvalue weighted by atomic mass is 9.90. The zero-order valence-electron chi connectivity index (χ0n) is 11.0. The van der Waals surface area contributed by atoms with E-state index in [9.17, 15) is 0 Å². The molecule has 1 aromatic carbocycles. The topological polar surface area (TPSA) is 35.2 Å². The first-order valence-electron chi connectivity index (χ1n) is 7.20. The molecule has 3 rings (SSSR count). The van der Waals surface area contributed by atoms with Crippen LogP contribution in [0, 0.1) is 5.92 Å². The van der Waals surface area contributed by atoms with E-state index in [1.54, 1.807) is 0 Å². The van der Waals surface area contributed by atoms with E-state index in [0.717, 1.165) is 25.7 Å². The van der Waals surface area contributed by atoms with Gasteiger partial charge in [0.2, 0.25) is 0 Å². The highest BCUT2D eigenvalue weighted by Gasteiger charge is 2.42. The second-order valence-corrected chi connectivity index (χ2v) is 5.94. The van der Waals surface area contributed by atoms with Gasteiger partial charge in [0.05, 0.1) is 0 Å². The molecule has 1 saturated carbocycles. The molecule has 1 aromatic rings. The quantitative estimate of drug-likeness (QED) is 0.885. The first-order chi connectivity index (χ1) is 8.82. The summed E-state index contributed by atoms with van der Waals surface area (Å²) in [5.41, 5.74) is 9.12. The maximum Gasteiger partial charge on any atom is 0.0468 e. The van der Waals surface area contributed by atoms with Crippen molar-refractivity contribution in [1.82, 2.24) is 0 Å². The Kier molecular flexibility index (Phi) is 3.40. The Hall–Kier alpha value is -0.860. The molecule has 0 unspecified atom stereocenters. The molecule has 18 heavy (non-hydrogen) atoms. The van der Waals surface area contributed by atoms with Gasteiger partial charge in [0.15, 0.2) is 0 Å². The number of hydrogen-bond acceptors (Lipinski definition) is 2. The Morgan fingerprint density at radius 1 is 1.11 bits per heavy atom. The van der Waals surface area contributed by atoms with Crippen LogP contribution in [0.2, 0.25) is 0 Å². The molecule has 2 heteroatoms. The molecule has 0 aromatic heterocycles. The van der Waals surface area contributed by atoms with Crippen molar-refractivity contribution in [2.45, 2.75) is 37.5 Å². The zero-order valence-corrected chi connectivity index (χ0v) is 11.0. The van der Waals surface area contributed by atoms with Crippen molar-refractivity contribution in [3.63, 3.8) is 0 Å². The van der Waals surface area contributed by atoms with E-state index in [1.165, 1.54) is 43.2 Å². The summed E-state index contributed by atoms with van der Waals surface area (Å²) in [6, 6.07) is 9.21. The molecule has 2 fully saturated rings. The molecule has 0 radical (unpaired) electrons. The third-order valence-corrected chi connectivity index (χ3v) is 4.68. The van der Waals surface area contributed by atoms with Crippen LogP contribution in [-0.2, 0) is 16.6 Å². The second kappa shape index (κ2) is 5.02. The maximum absolute atomic E-state index is 5.87. The SMILES string of the molecule is NCC1(c2ccc(CC3CCOCC3)cc2)CC1. The molecule has 98 valence electrons. The van der Waals surface area contributed by atoms with Crippen LogP contribution in [0.4, 0.5) is 0 Å². The molecule has 0 bridgehead atoms. The van der Waals surface area contributed by atoms with Crippen LogP contribution in [-0.4, -0.2) is 19.8 Å². The average molecular weight is 245 g/mol. The van der Waals surface area contributed by atoms with E-state index in [-0.39, 0.29) is 0 Å². The largest absolute Gasteiger partial charge is 0.381 e. The lowest BCUT2D eigenvalue weighted by molar-refractivity contribution is 0.0665. The number of benzene rings is 1. The molecule has 0 spiro atoms. The first kappa shape index (κ1) is 12.2. The molecule has 0 atom stereocenters. The highest BCUT2D eigenvalue weighted by atomic mass is 16.5. The van der Waals surface area contributed by atoms with E-state index < -0.39 is 0 Å². The fourth-order valence-electron chi connectivity index (χ4n) is 3.04. The van der Waals surface area contributed by atoms with Crippen LogP contribution < -0.4 is 5.73 Å². The van der Waals surface area contributed by atoms with Crippen molar-refractivity contribution in [3.8, 4) is 0 Å². The lowest BCUT2D eigenvalue weighted by Crippen LogP contribution is -2.20. The van der Waals surface area contributed by atoms with Crippen LogP contribution in [0.3, 0.4) is 0 Å². The van der Waals surface area contributed by atoms with Gasteiger partial charge < -0.3 is 10.5 Å². The third kappa shape index (κ3) is 2.45. The van der Waals surface area contributed by atoms with Crippen molar-refractivity contribution in [3.05, 3.63) is 35.4 Å². The fourth-order valence-corrected chi connectivity index (χ4v) is 3.04. The van der Waals surface area contributed by atoms with Gasteiger partial charge >= 0.3 is 0 Å². The summed E-state index contributed by atoms with van der Waals surface area (Å²) in [6.45, 7) is 2.68. The highest BCUT2D eigenvalue weighted by molar-refractivity contribution is 5.34. The molecular weight excluding hydrogens is 222 g/mol. The number of nitrogens with two attached hydrogens (primary N) is 1. The van der Waals surface area contributed by atoms with Gasteiger partial charge in [-0.1, -0.05) is 24.3 Å². The van der Waals surface area contributed by atoms with Crippen molar-refractivity contribution in [2.24, 2.45) is 11.7 Å². The molecule has 2 N–H and O–H groups in total. The molecule has 1 saturated heterocycles. The summed E-state index contributed by atoms with van der Waals surface area (Å²) in [5, 5.41) is 0. The smallest absolute Gasteiger partial charge is 0.0468 e. The molecule has 0 amide bonds. The van der Waals surface area contributed by atoms with Gasteiger partial charge in [-0.15, -0.1) is 0 Å². The van der Waals surface area contributed by atoms with Gasteiger partial charge in [0, 0.05) is 25.2 Å². The molecule has 1 aliphatic carbocycles. The lowest BCUT2D eigenvalue weighted by Gasteiger charge is -2.22. The van der Waals surface area contributed by atoms with Crippen LogP contribution in [0.1, 0.15) is 36.8 Å². The maximum atomic E-state index is 5.87. The summed E-state index contributed by atoms with van der Waals surface area (Å²) in [6.07, 6.45) is 6.17. The second-order valence-electron chi connectivity index (χ2n) is 5.94. The average Bonchev–Trinajstić information content (AvgIpc) is 3.22. The number of hydrogen-bond donors (Lipinski definition) is 1. The van der Waals surface area contributed by atoms with Gasteiger partial charge in [0.25, 0.3) is 0 Å². The molecule has 2 nitrogen and oxygen atoms in total. The molecule has 1 heterocycles. The van der Waals surface area contributed by atoms with Gasteiger partial charge in [0.1, 0.15) is 0 Å². The summed E-state index contributed by atoms with van der Waals surface area (Å²) < 4.78 is 5.41. The van der Waals surface area contributed by atoms with Crippen LogP contribution in [0.25, 0.3) is 0 Å². The van der Waals surface area contributed by atoms with E-state index in [0.29, 0.717) is 5.41 Å². The van der Waals surface area contributed by atoms with Gasteiger partial charge in [-0.05, 0) is 49.1 Å². The normalized spacial score (nSPS) is 22.9. The Balaban J connectivity index is 1.64. The monoisotopic (exact) mass is 245 g/mol. The minimum absolute atomic E-state index is 0.331. The van der Waals surface area contributed by atoms with Gasteiger partial charge in [-0.3, -0.25) is 0 Å². The Morgan fingerprint density at radius 2 is 1.78 bits per heavy atom. The highest BCUT2D eigenvalue weighted by Crippen LogP contribution is 2.47. The van der Waals surface area contributed by atoms with Crippen molar-refractivity contribution >= 4 is 0 Å². The first-order valence-corrected chi connectivity index (χ1v) is 7.20. The summed E-state index contributed by atoms with van der Waals surface area (Å²) in [4.78, 5) is 0. The van der Waals surface area contributed by atoms with Crippen LogP contribution in [0.15, 0.2) is 24.3 Å². The predicted octanol–water partition coefficient (Wildman–Crippen LogP) is 2.65. The van der Waals surface area contributed by atoms with E-state index in [4.69, 9.17) is 10.5 Å². The van der Waals surface area contributed by atoms with Crippen molar-refractivity contribution in [2.75, 3.05) is 19.8 Å². The molecule has 2 aliphatic rings. The van der Waals surface area contributed by atoms with Crippen LogP contribution in [0.5, 0.6) is 0 Å². The number of ether oxygens (including phenoxy) is 1. The molecule has 1 aliphatic heterocycles. The minimum Gasteiger partial charge on any atom is -0.381 e. The zero-order chi connectivity index (χ0) is 12.4. The van der Waals surface area contributed by atoms with Gasteiger partial charge in [-0.25, -0.2) is 0 Å². The van der Waals surface area contributed by atoms with Crippen LogP contribution >= 0.6 is 0 Å². The third-order valence-electron chi connectivity index (χ3n) is 4.68. The number of rotatable bonds is 4.